The maximum absolute atomic E-state index is 14.4. The first-order valence-corrected chi connectivity index (χ1v) is 14.1. The second-order valence-electron chi connectivity index (χ2n) is 12.0. The molecule has 0 saturated carbocycles. The Labute approximate surface area is 278 Å². The van der Waals surface area contributed by atoms with E-state index in [2.05, 4.69) is 5.32 Å². The van der Waals surface area contributed by atoms with Gasteiger partial charge >= 0.3 is 59.9 Å². The van der Waals surface area contributed by atoms with Gasteiger partial charge in [0.25, 0.3) is 0 Å². The molecule has 1 aliphatic rings. The van der Waals surface area contributed by atoms with Crippen molar-refractivity contribution in [1.29, 1.82) is 0 Å². The fourth-order valence-corrected chi connectivity index (χ4v) is 4.58. The molecule has 2 rings (SSSR count). The lowest BCUT2D eigenvalue weighted by atomic mass is 9.87. The number of alkyl halides is 20. The van der Waals surface area contributed by atoms with Crippen LogP contribution in [0.1, 0.15) is 50.7 Å². The molecule has 1 aromatic rings. The molecule has 1 atom stereocenters. The highest BCUT2D eigenvalue weighted by Gasteiger charge is 2.95. The number of rotatable bonds is 13. The zero-order valence-corrected chi connectivity index (χ0v) is 25.9. The van der Waals surface area contributed by atoms with Crippen molar-refractivity contribution in [2.24, 2.45) is 0 Å². The lowest BCUT2D eigenvalue weighted by Gasteiger charge is -2.43. The SMILES string of the molecule is CC(C)(CCC(F)(F)C(F)(F)C(F)(F)C(F)(F)C(F)(F)C(F)(F)C(F)(F)C(F)(F)F)OC(=O)N1CCC[C@H]1C(=O)NCc1cccc(C(F)(F)F)c1. The zero-order valence-electron chi connectivity index (χ0n) is 25.9. The van der Waals surface area contributed by atoms with Crippen molar-refractivity contribution in [2.75, 3.05) is 6.54 Å². The van der Waals surface area contributed by atoms with Gasteiger partial charge in [-0.05, 0) is 50.8 Å². The summed E-state index contributed by atoms with van der Waals surface area (Å²) in [6.07, 6.45) is -18.9. The molecule has 0 radical (unpaired) electrons. The molecular weight excluding hydrogens is 780 g/mol. The molecule has 1 aromatic carbocycles. The van der Waals surface area contributed by atoms with Gasteiger partial charge in [-0.2, -0.15) is 87.8 Å². The van der Waals surface area contributed by atoms with E-state index in [0.717, 1.165) is 12.1 Å². The van der Waals surface area contributed by atoms with Gasteiger partial charge in [0.2, 0.25) is 5.91 Å². The molecule has 1 fully saturated rings. The zero-order chi connectivity index (χ0) is 40.9. The van der Waals surface area contributed by atoms with Crippen LogP contribution in [0.15, 0.2) is 24.3 Å². The molecule has 0 aromatic heterocycles. The molecule has 300 valence electrons. The number of halogens is 20. The summed E-state index contributed by atoms with van der Waals surface area (Å²) in [6, 6.07) is 2.19. The molecule has 5 nitrogen and oxygen atoms in total. The minimum Gasteiger partial charge on any atom is -0.443 e. The molecule has 0 aliphatic carbocycles. The summed E-state index contributed by atoms with van der Waals surface area (Å²) in [4.78, 5) is 26.0. The number of nitrogens with zero attached hydrogens (tertiary/aromatic N) is 1. The number of carbonyl (C=O) groups is 2. The van der Waals surface area contributed by atoms with Gasteiger partial charge in [-0.15, -0.1) is 0 Å². The highest BCUT2D eigenvalue weighted by atomic mass is 19.4. The Bertz CT molecular complexity index is 1450. The molecule has 1 heterocycles. The van der Waals surface area contributed by atoms with Gasteiger partial charge < -0.3 is 10.1 Å². The normalized spacial score (nSPS) is 17.7. The van der Waals surface area contributed by atoms with E-state index >= 15 is 0 Å². The van der Waals surface area contributed by atoms with Gasteiger partial charge in [0, 0.05) is 19.5 Å². The third-order valence-electron chi connectivity index (χ3n) is 7.70. The minimum absolute atomic E-state index is 0.0450. The monoisotopic (exact) mass is 804 g/mol. The summed E-state index contributed by atoms with van der Waals surface area (Å²) in [5.74, 6) is -58.4. The maximum atomic E-state index is 14.4. The Hall–Kier alpha value is -3.44. The Morgan fingerprint density at radius 2 is 1.19 bits per heavy atom. The van der Waals surface area contributed by atoms with Crippen molar-refractivity contribution < 1.29 is 102 Å². The van der Waals surface area contributed by atoms with Crippen LogP contribution in [-0.4, -0.2) is 82.7 Å². The quantitative estimate of drug-likeness (QED) is 0.202. The largest absolute Gasteiger partial charge is 0.460 e. The van der Waals surface area contributed by atoms with Crippen LogP contribution >= 0.6 is 0 Å². The van der Waals surface area contributed by atoms with E-state index in [0.29, 0.717) is 24.8 Å². The van der Waals surface area contributed by atoms with Gasteiger partial charge in [-0.1, -0.05) is 12.1 Å². The van der Waals surface area contributed by atoms with Crippen LogP contribution in [0.25, 0.3) is 0 Å². The van der Waals surface area contributed by atoms with E-state index in [4.69, 9.17) is 4.74 Å². The van der Waals surface area contributed by atoms with Crippen LogP contribution in [-0.2, 0) is 22.3 Å². The van der Waals surface area contributed by atoms with E-state index in [1.807, 2.05) is 0 Å². The van der Waals surface area contributed by atoms with Gasteiger partial charge in [-0.3, -0.25) is 9.69 Å². The van der Waals surface area contributed by atoms with Crippen LogP contribution in [0.2, 0.25) is 0 Å². The third-order valence-corrected chi connectivity index (χ3v) is 7.70. The molecule has 2 amide bonds. The predicted molar refractivity (Wildman–Crippen MR) is 133 cm³/mol. The molecule has 1 N–H and O–H groups in total. The standard InChI is InChI=1S/C27H24F20N2O3/c1-18(2,52-17(51)49-10-4-7-15(49)16(50)48-12-13-5-3-6-14(11-13)20(30,31)32)8-9-19(28,29)21(33,34)22(35,36)23(37,38)24(39,40)25(41,42)26(43,44)27(45,46)47/h3,5-6,11,15H,4,7-10,12H2,1-2H3,(H,48,50)/t15-/m0/s1. The predicted octanol–water partition coefficient (Wildman–Crippen LogP) is 9.49. The minimum atomic E-state index is -8.76. The maximum Gasteiger partial charge on any atom is 0.460 e. The van der Waals surface area contributed by atoms with Crippen LogP contribution in [0.5, 0.6) is 0 Å². The topological polar surface area (TPSA) is 58.6 Å². The molecule has 25 heteroatoms. The smallest absolute Gasteiger partial charge is 0.443 e. The fraction of sp³-hybridized carbons (Fsp3) is 0.704. The van der Waals surface area contributed by atoms with Crippen LogP contribution in [0.4, 0.5) is 92.6 Å². The number of ether oxygens (including phenoxy) is 1. The van der Waals surface area contributed by atoms with Crippen LogP contribution < -0.4 is 5.32 Å². The highest BCUT2D eigenvalue weighted by Crippen LogP contribution is 2.64. The van der Waals surface area contributed by atoms with Crippen molar-refractivity contribution in [1.82, 2.24) is 10.2 Å². The summed E-state index contributed by atoms with van der Waals surface area (Å²) < 4.78 is 274. The first kappa shape index (κ1) is 44.7. The van der Waals surface area contributed by atoms with E-state index in [9.17, 15) is 97.4 Å². The molecule has 0 unspecified atom stereocenters. The van der Waals surface area contributed by atoms with Crippen molar-refractivity contribution >= 4 is 12.0 Å². The summed E-state index contributed by atoms with van der Waals surface area (Å²) in [7, 11) is 0. The molecule has 0 bridgehead atoms. The van der Waals surface area contributed by atoms with Crippen molar-refractivity contribution in [3.63, 3.8) is 0 Å². The van der Waals surface area contributed by atoms with Crippen molar-refractivity contribution in [3.8, 4) is 0 Å². The summed E-state index contributed by atoms with van der Waals surface area (Å²) >= 11 is 0. The highest BCUT2D eigenvalue weighted by molar-refractivity contribution is 5.86. The number of likely N-dealkylation sites (tertiary alicyclic amines) is 1. The number of hydrogen-bond donors (Lipinski definition) is 1. The average molecular weight is 804 g/mol. The first-order chi connectivity index (χ1) is 22.9. The number of amides is 2. The molecule has 52 heavy (non-hydrogen) atoms. The second kappa shape index (κ2) is 13.8. The number of carbonyl (C=O) groups excluding carboxylic acids is 2. The number of benzene rings is 1. The average Bonchev–Trinajstić information content (AvgIpc) is 3.48. The van der Waals surface area contributed by atoms with Crippen LogP contribution in [0, 0.1) is 0 Å². The number of hydrogen-bond acceptors (Lipinski definition) is 3. The fourth-order valence-electron chi connectivity index (χ4n) is 4.58. The first-order valence-electron chi connectivity index (χ1n) is 14.1. The van der Waals surface area contributed by atoms with Crippen molar-refractivity contribution in [3.05, 3.63) is 35.4 Å². The summed E-state index contributed by atoms with van der Waals surface area (Å²) in [6.45, 7) is 0.393. The second-order valence-corrected chi connectivity index (χ2v) is 12.0. The van der Waals surface area contributed by atoms with Gasteiger partial charge in [0.1, 0.15) is 11.6 Å². The van der Waals surface area contributed by atoms with E-state index in [1.165, 1.54) is 6.07 Å². The summed E-state index contributed by atoms with van der Waals surface area (Å²) in [5, 5.41) is 2.22. The molecule has 1 aliphatic heterocycles. The van der Waals surface area contributed by atoms with E-state index in [-0.39, 0.29) is 24.9 Å². The lowest BCUT2D eigenvalue weighted by molar-refractivity contribution is -0.462. The van der Waals surface area contributed by atoms with Gasteiger partial charge in [-0.25, -0.2) is 4.79 Å². The Morgan fingerprint density at radius 1 is 0.712 bits per heavy atom. The van der Waals surface area contributed by atoms with Gasteiger partial charge in [0.05, 0.1) is 5.56 Å². The number of nitrogens with one attached hydrogen (secondary N) is 1. The van der Waals surface area contributed by atoms with E-state index < -0.39 is 102 Å². The lowest BCUT2D eigenvalue weighted by Crippen LogP contribution is -2.74. The Morgan fingerprint density at radius 3 is 1.67 bits per heavy atom. The van der Waals surface area contributed by atoms with E-state index in [1.54, 1.807) is 0 Å². The molecular formula is C27H24F20N2O3. The summed E-state index contributed by atoms with van der Waals surface area (Å²) in [5.41, 5.74) is -3.64. The molecule has 0 spiro atoms. The molecule has 1 saturated heterocycles. The Balaban J connectivity index is 2.20. The Kier molecular flexibility index (Phi) is 11.8. The van der Waals surface area contributed by atoms with Crippen molar-refractivity contribution in [2.45, 2.75) is 112 Å². The third kappa shape index (κ3) is 7.91. The van der Waals surface area contributed by atoms with Crippen LogP contribution in [0.3, 0.4) is 0 Å². The van der Waals surface area contributed by atoms with Gasteiger partial charge in [0.15, 0.2) is 0 Å².